The molecule has 3 unspecified atom stereocenters. The zero-order chi connectivity index (χ0) is 29.1. The lowest BCUT2D eigenvalue weighted by molar-refractivity contribution is -0.149. The third kappa shape index (κ3) is 5.35. The highest BCUT2D eigenvalue weighted by Crippen LogP contribution is 2.49. The maximum Gasteiger partial charge on any atom is 0.243 e. The number of nitrogens with zero attached hydrogens (tertiary/aromatic N) is 4. The number of carbonyl (C=O) groups excluding carboxylic acids is 1. The smallest absolute Gasteiger partial charge is 0.243 e. The number of rotatable bonds is 9. The van der Waals surface area contributed by atoms with Gasteiger partial charge < -0.3 is 19.3 Å². The van der Waals surface area contributed by atoms with Gasteiger partial charge in [0.05, 0.1) is 30.9 Å². The number of benzene rings is 3. The molecule has 2 saturated heterocycles. The summed E-state index contributed by atoms with van der Waals surface area (Å²) in [5.41, 5.74) is 4.46. The maximum atomic E-state index is 14.7. The van der Waals surface area contributed by atoms with Gasteiger partial charge in [0, 0.05) is 38.3 Å². The Morgan fingerprint density at radius 3 is 2.52 bits per heavy atom. The molecule has 7 heteroatoms. The average molecular weight is 565 g/mol. The Kier molecular flexibility index (Phi) is 8.13. The minimum absolute atomic E-state index is 0.0306. The van der Waals surface area contributed by atoms with Crippen molar-refractivity contribution >= 4 is 5.91 Å². The molecule has 2 aliphatic rings. The SMILES string of the molecule is COc1cc(C2CCN(Cc3ccccc3)C23CCCN(CCC(O)c2ccccc2)C3=O)ccc1-n1cnc(C)c1. The summed E-state index contributed by atoms with van der Waals surface area (Å²) in [6.07, 6.45) is 6.35. The summed E-state index contributed by atoms with van der Waals surface area (Å²) in [6, 6.07) is 26.6. The van der Waals surface area contributed by atoms with E-state index in [1.807, 2.05) is 59.0 Å². The first kappa shape index (κ1) is 28.2. The number of hydrogen-bond acceptors (Lipinski definition) is 5. The normalized spacial score (nSPS) is 21.6. The molecule has 6 rings (SSSR count). The van der Waals surface area contributed by atoms with E-state index >= 15 is 0 Å². The van der Waals surface area contributed by atoms with Gasteiger partial charge in [-0.15, -0.1) is 0 Å². The fourth-order valence-corrected chi connectivity index (χ4v) is 7.06. The monoisotopic (exact) mass is 564 g/mol. The van der Waals surface area contributed by atoms with Crippen LogP contribution < -0.4 is 4.74 Å². The van der Waals surface area contributed by atoms with Gasteiger partial charge in [-0.1, -0.05) is 66.7 Å². The van der Waals surface area contributed by atoms with Gasteiger partial charge in [-0.2, -0.15) is 0 Å². The Bertz CT molecular complexity index is 1510. The lowest BCUT2D eigenvalue weighted by Crippen LogP contribution is -2.62. The summed E-state index contributed by atoms with van der Waals surface area (Å²) in [5.74, 6) is 0.983. The molecule has 7 nitrogen and oxygen atoms in total. The Labute approximate surface area is 248 Å². The summed E-state index contributed by atoms with van der Waals surface area (Å²) in [6.45, 7) is 4.80. The molecule has 1 amide bonds. The molecule has 1 aromatic heterocycles. The summed E-state index contributed by atoms with van der Waals surface area (Å²) >= 11 is 0. The van der Waals surface area contributed by atoms with Crippen LogP contribution in [-0.4, -0.2) is 62.6 Å². The van der Waals surface area contributed by atoms with Crippen molar-refractivity contribution in [1.82, 2.24) is 19.4 Å². The predicted molar refractivity (Wildman–Crippen MR) is 164 cm³/mol. The van der Waals surface area contributed by atoms with Crippen LogP contribution in [0, 0.1) is 6.92 Å². The first-order chi connectivity index (χ1) is 20.5. The molecule has 0 aliphatic carbocycles. The van der Waals surface area contributed by atoms with E-state index < -0.39 is 11.6 Å². The van der Waals surface area contributed by atoms with Gasteiger partial charge in [0.25, 0.3) is 0 Å². The standard InChI is InChI=1S/C35H40N4O3/c1-26-23-38(25-36-26)31-15-14-29(22-33(31)42-2)30-16-21-39(24-27-10-5-3-6-11-27)35(30)18-9-19-37(34(35)41)20-17-32(40)28-12-7-4-8-13-28/h3-8,10-15,22-23,25,30,32,40H,9,16-21,24H2,1-2H3. The Hall–Kier alpha value is -3.94. The van der Waals surface area contributed by atoms with E-state index in [-0.39, 0.29) is 11.8 Å². The minimum atomic E-state index is -0.649. The number of carbonyl (C=O) groups is 1. The van der Waals surface area contributed by atoms with Gasteiger partial charge in [-0.25, -0.2) is 4.98 Å². The van der Waals surface area contributed by atoms with Crippen molar-refractivity contribution in [3.05, 3.63) is 114 Å². The number of imidazole rings is 1. The lowest BCUT2D eigenvalue weighted by atomic mass is 9.73. The van der Waals surface area contributed by atoms with E-state index in [0.29, 0.717) is 13.0 Å². The van der Waals surface area contributed by atoms with Crippen molar-refractivity contribution in [2.75, 3.05) is 26.7 Å². The zero-order valence-electron chi connectivity index (χ0n) is 24.5. The fraction of sp³-hybridized carbons (Fsp3) is 0.371. The second-order valence-electron chi connectivity index (χ2n) is 11.6. The van der Waals surface area contributed by atoms with Gasteiger partial charge >= 0.3 is 0 Å². The molecule has 42 heavy (non-hydrogen) atoms. The van der Waals surface area contributed by atoms with Gasteiger partial charge in [0.1, 0.15) is 11.3 Å². The average Bonchev–Trinajstić information content (AvgIpc) is 3.62. The molecule has 1 N–H and O–H groups in total. The van der Waals surface area contributed by atoms with E-state index in [4.69, 9.17) is 4.74 Å². The van der Waals surface area contributed by atoms with Crippen LogP contribution in [0.3, 0.4) is 0 Å². The van der Waals surface area contributed by atoms with Crippen molar-refractivity contribution < 1.29 is 14.6 Å². The molecule has 1 spiro atoms. The van der Waals surface area contributed by atoms with Crippen LogP contribution in [-0.2, 0) is 11.3 Å². The number of piperidine rings is 1. The number of aromatic nitrogens is 2. The van der Waals surface area contributed by atoms with Crippen molar-refractivity contribution in [3.8, 4) is 11.4 Å². The molecule has 2 aliphatic heterocycles. The Morgan fingerprint density at radius 2 is 1.81 bits per heavy atom. The number of amides is 1. The van der Waals surface area contributed by atoms with Gasteiger partial charge in [0.2, 0.25) is 5.91 Å². The van der Waals surface area contributed by atoms with Crippen LogP contribution >= 0.6 is 0 Å². The number of likely N-dealkylation sites (tertiary alicyclic amines) is 2. The molecule has 218 valence electrons. The highest BCUT2D eigenvalue weighted by Gasteiger charge is 2.57. The number of methoxy groups -OCH3 is 1. The second-order valence-corrected chi connectivity index (χ2v) is 11.6. The van der Waals surface area contributed by atoms with Gasteiger partial charge in [-0.3, -0.25) is 9.69 Å². The summed E-state index contributed by atoms with van der Waals surface area (Å²) in [5, 5.41) is 10.9. The van der Waals surface area contributed by atoms with E-state index in [0.717, 1.165) is 67.2 Å². The number of hydrogen-bond donors (Lipinski definition) is 1. The molecule has 0 saturated carbocycles. The first-order valence-corrected chi connectivity index (χ1v) is 15.0. The molecule has 3 aromatic carbocycles. The molecular weight excluding hydrogens is 524 g/mol. The summed E-state index contributed by atoms with van der Waals surface area (Å²) in [7, 11) is 1.70. The van der Waals surface area contributed by atoms with Gasteiger partial charge in [-0.05, 0) is 61.4 Å². The molecule has 0 radical (unpaired) electrons. The van der Waals surface area contributed by atoms with Crippen molar-refractivity contribution in [3.63, 3.8) is 0 Å². The predicted octanol–water partition coefficient (Wildman–Crippen LogP) is 5.66. The van der Waals surface area contributed by atoms with E-state index in [2.05, 4.69) is 52.3 Å². The second kappa shape index (κ2) is 12.1. The highest BCUT2D eigenvalue weighted by atomic mass is 16.5. The van der Waals surface area contributed by atoms with Crippen LogP contribution in [0.25, 0.3) is 5.69 Å². The summed E-state index contributed by atoms with van der Waals surface area (Å²) < 4.78 is 7.86. The number of aliphatic hydroxyl groups is 1. The quantitative estimate of drug-likeness (QED) is 0.284. The minimum Gasteiger partial charge on any atom is -0.495 e. The summed E-state index contributed by atoms with van der Waals surface area (Å²) in [4.78, 5) is 23.5. The fourth-order valence-electron chi connectivity index (χ4n) is 7.06. The third-order valence-corrected chi connectivity index (χ3v) is 9.14. The molecule has 0 bridgehead atoms. The van der Waals surface area contributed by atoms with Crippen molar-refractivity contribution in [1.29, 1.82) is 0 Å². The number of aliphatic hydroxyl groups excluding tert-OH is 1. The van der Waals surface area contributed by atoms with E-state index in [9.17, 15) is 9.90 Å². The molecular formula is C35H40N4O3. The highest BCUT2D eigenvalue weighted by molar-refractivity contribution is 5.89. The van der Waals surface area contributed by atoms with E-state index in [1.54, 1.807) is 13.4 Å². The van der Waals surface area contributed by atoms with Crippen LogP contribution in [0.15, 0.2) is 91.4 Å². The topological polar surface area (TPSA) is 70.8 Å². The first-order valence-electron chi connectivity index (χ1n) is 15.0. The molecule has 3 heterocycles. The number of aryl methyl sites for hydroxylation is 1. The molecule has 4 aromatic rings. The van der Waals surface area contributed by atoms with Crippen molar-refractivity contribution in [2.45, 2.75) is 56.7 Å². The van der Waals surface area contributed by atoms with Crippen LogP contribution in [0.2, 0.25) is 0 Å². The van der Waals surface area contributed by atoms with Crippen LogP contribution in [0.5, 0.6) is 5.75 Å². The molecule has 2 fully saturated rings. The largest absolute Gasteiger partial charge is 0.495 e. The maximum absolute atomic E-state index is 14.7. The van der Waals surface area contributed by atoms with E-state index in [1.165, 1.54) is 5.56 Å². The van der Waals surface area contributed by atoms with Crippen molar-refractivity contribution in [2.24, 2.45) is 0 Å². The lowest BCUT2D eigenvalue weighted by Gasteiger charge is -2.48. The van der Waals surface area contributed by atoms with Crippen LogP contribution in [0.1, 0.15) is 60.1 Å². The Morgan fingerprint density at radius 1 is 1.05 bits per heavy atom. The number of ether oxygens (including phenoxy) is 1. The molecule has 3 atom stereocenters. The zero-order valence-corrected chi connectivity index (χ0v) is 24.5. The Balaban J connectivity index is 1.32. The third-order valence-electron chi connectivity index (χ3n) is 9.14. The van der Waals surface area contributed by atoms with Crippen LogP contribution in [0.4, 0.5) is 0 Å². The van der Waals surface area contributed by atoms with Gasteiger partial charge in [0.15, 0.2) is 0 Å².